The van der Waals surface area contributed by atoms with Gasteiger partial charge < -0.3 is 20.3 Å². The van der Waals surface area contributed by atoms with E-state index in [0.29, 0.717) is 0 Å². The molecule has 0 aliphatic rings. The van der Waals surface area contributed by atoms with Crippen LogP contribution in [-0.4, -0.2) is 51.8 Å². The molecule has 0 aliphatic heterocycles. The van der Waals surface area contributed by atoms with Crippen LogP contribution in [0.3, 0.4) is 0 Å². The molecule has 1 aromatic heterocycles. The summed E-state index contributed by atoms with van der Waals surface area (Å²) in [5, 5.41) is 21.8. The number of rotatable bonds is 5. The number of hydrogen-bond acceptors (Lipinski definition) is 7. The third kappa shape index (κ3) is 4.27. The van der Waals surface area contributed by atoms with Gasteiger partial charge in [-0.15, -0.1) is 0 Å². The first kappa shape index (κ1) is 15.0. The van der Waals surface area contributed by atoms with Crippen molar-refractivity contribution >= 4 is 11.9 Å². The van der Waals surface area contributed by atoms with E-state index >= 15 is 0 Å². The van der Waals surface area contributed by atoms with Crippen LogP contribution in [0.15, 0.2) is 12.4 Å². The van der Waals surface area contributed by atoms with Crippen molar-refractivity contribution in [2.24, 2.45) is 0 Å². The first-order valence-electron chi connectivity index (χ1n) is 5.46. The Morgan fingerprint density at radius 3 is 2.42 bits per heavy atom. The summed E-state index contributed by atoms with van der Waals surface area (Å²) in [6.45, 7) is 1.20. The van der Waals surface area contributed by atoms with Crippen LogP contribution in [0.2, 0.25) is 0 Å². The quantitative estimate of drug-likeness (QED) is 0.573. The number of nitrogens with zero attached hydrogens (tertiary/aromatic N) is 2. The highest BCUT2D eigenvalue weighted by atomic mass is 16.5. The second-order valence-corrected chi connectivity index (χ2v) is 3.78. The van der Waals surface area contributed by atoms with Crippen molar-refractivity contribution in [2.75, 3.05) is 13.7 Å². The molecule has 1 aromatic rings. The Kier molecular flexibility index (Phi) is 5.34. The minimum Gasteiger partial charge on any atom is -0.463 e. The number of aromatic nitrogens is 2. The van der Waals surface area contributed by atoms with Gasteiger partial charge in [0, 0.05) is 31.4 Å². The second kappa shape index (κ2) is 6.76. The smallest absolute Gasteiger partial charge is 0.376 e. The molecular weight excluding hydrogens is 254 g/mol. The van der Waals surface area contributed by atoms with Crippen LogP contribution in [-0.2, 0) is 9.53 Å². The Labute approximate surface area is 109 Å². The van der Waals surface area contributed by atoms with Gasteiger partial charge in [-0.1, -0.05) is 0 Å². The largest absolute Gasteiger partial charge is 0.463 e. The maximum Gasteiger partial charge on any atom is 0.376 e. The van der Waals surface area contributed by atoms with Gasteiger partial charge in [0.15, 0.2) is 0 Å². The molecular formula is C11H15N3O5. The number of esters is 1. The van der Waals surface area contributed by atoms with Gasteiger partial charge in [-0.05, 0) is 0 Å². The second-order valence-electron chi connectivity index (χ2n) is 3.78. The molecule has 1 rings (SSSR count). The zero-order valence-electron chi connectivity index (χ0n) is 10.5. The third-order valence-electron chi connectivity index (χ3n) is 2.31. The molecule has 3 N–H and O–H groups in total. The summed E-state index contributed by atoms with van der Waals surface area (Å²) in [5.41, 5.74) is 0.227. The van der Waals surface area contributed by atoms with Crippen molar-refractivity contribution in [3.8, 4) is 0 Å². The van der Waals surface area contributed by atoms with E-state index < -0.39 is 18.2 Å². The lowest BCUT2D eigenvalue weighted by atomic mass is 10.1. The fourth-order valence-corrected chi connectivity index (χ4v) is 1.27. The molecule has 0 spiro atoms. The predicted molar refractivity (Wildman–Crippen MR) is 63.0 cm³/mol. The summed E-state index contributed by atoms with van der Waals surface area (Å²) in [6.07, 6.45) is -0.0445. The van der Waals surface area contributed by atoms with Crippen LogP contribution in [0.5, 0.6) is 0 Å². The summed E-state index contributed by atoms with van der Waals surface area (Å²) in [7, 11) is 1.20. The molecule has 2 unspecified atom stereocenters. The molecule has 2 atom stereocenters. The molecule has 8 heteroatoms. The van der Waals surface area contributed by atoms with E-state index in [0.717, 1.165) is 0 Å². The van der Waals surface area contributed by atoms with Gasteiger partial charge in [-0.3, -0.25) is 4.79 Å². The Balaban J connectivity index is 2.69. The van der Waals surface area contributed by atoms with E-state index in [1.807, 2.05) is 0 Å². The first-order valence-corrected chi connectivity index (χ1v) is 5.46. The maximum absolute atomic E-state index is 11.1. The minimum atomic E-state index is -1.27. The minimum absolute atomic E-state index is 0.102. The molecule has 19 heavy (non-hydrogen) atoms. The van der Waals surface area contributed by atoms with Gasteiger partial charge in [0.1, 0.15) is 12.2 Å². The Morgan fingerprint density at radius 2 is 1.95 bits per heavy atom. The Hall–Kier alpha value is -2.06. The van der Waals surface area contributed by atoms with Gasteiger partial charge in [-0.2, -0.15) is 0 Å². The summed E-state index contributed by atoms with van der Waals surface area (Å²) in [5.74, 6) is -1.15. The number of aliphatic hydroxyl groups is 2. The van der Waals surface area contributed by atoms with E-state index in [4.69, 9.17) is 0 Å². The van der Waals surface area contributed by atoms with Crippen molar-refractivity contribution in [3.05, 3.63) is 23.8 Å². The van der Waals surface area contributed by atoms with E-state index in [1.165, 1.54) is 26.4 Å². The molecule has 0 radical (unpaired) electrons. The van der Waals surface area contributed by atoms with Crippen LogP contribution >= 0.6 is 0 Å². The molecule has 8 nitrogen and oxygen atoms in total. The zero-order valence-corrected chi connectivity index (χ0v) is 10.5. The number of aliphatic hydroxyl groups excluding tert-OH is 2. The third-order valence-corrected chi connectivity index (χ3v) is 2.31. The fraction of sp³-hybridized carbons (Fsp3) is 0.455. The summed E-state index contributed by atoms with van der Waals surface area (Å²) >= 11 is 0. The molecule has 0 bridgehead atoms. The lowest BCUT2D eigenvalue weighted by Crippen LogP contribution is -2.34. The summed E-state index contributed by atoms with van der Waals surface area (Å²) in [4.78, 5) is 29.2. The molecule has 0 saturated carbocycles. The average Bonchev–Trinajstić information content (AvgIpc) is 2.43. The number of carbonyl (C=O) groups excluding carboxylic acids is 2. The van der Waals surface area contributed by atoms with Crippen LogP contribution < -0.4 is 5.32 Å². The van der Waals surface area contributed by atoms with Crippen molar-refractivity contribution < 1.29 is 24.5 Å². The normalized spacial score (nSPS) is 13.5. The first-order chi connectivity index (χ1) is 8.95. The predicted octanol–water partition coefficient (Wildman–Crippen LogP) is -1.21. The molecule has 1 heterocycles. The number of hydrogen-bond donors (Lipinski definition) is 3. The number of ether oxygens (including phenoxy) is 1. The molecule has 1 amide bonds. The lowest BCUT2D eigenvalue weighted by Gasteiger charge is -2.17. The molecule has 104 valence electrons. The molecule has 0 fully saturated rings. The van der Waals surface area contributed by atoms with Gasteiger partial charge in [0.25, 0.3) is 0 Å². The SMILES string of the molecule is COC(=O)c1ncc(C(O)C(O)CNC(C)=O)cn1. The van der Waals surface area contributed by atoms with E-state index in [2.05, 4.69) is 20.0 Å². The van der Waals surface area contributed by atoms with Crippen molar-refractivity contribution in [2.45, 2.75) is 19.1 Å². The van der Waals surface area contributed by atoms with E-state index in [1.54, 1.807) is 0 Å². The van der Waals surface area contributed by atoms with Crippen molar-refractivity contribution in [3.63, 3.8) is 0 Å². The van der Waals surface area contributed by atoms with E-state index in [9.17, 15) is 19.8 Å². The van der Waals surface area contributed by atoms with Gasteiger partial charge in [-0.25, -0.2) is 14.8 Å². The van der Waals surface area contributed by atoms with Gasteiger partial charge >= 0.3 is 5.97 Å². The standard InChI is InChI=1S/C11H15N3O5/c1-6(15)12-5-8(16)9(17)7-3-13-10(14-4-7)11(18)19-2/h3-4,8-9,16-17H,5H2,1-2H3,(H,12,15). The maximum atomic E-state index is 11.1. The fourth-order valence-electron chi connectivity index (χ4n) is 1.27. The monoisotopic (exact) mass is 269 g/mol. The molecule has 0 saturated heterocycles. The highest BCUT2D eigenvalue weighted by Crippen LogP contribution is 2.14. The van der Waals surface area contributed by atoms with Crippen LogP contribution in [0.25, 0.3) is 0 Å². The van der Waals surface area contributed by atoms with Crippen molar-refractivity contribution in [1.29, 1.82) is 0 Å². The van der Waals surface area contributed by atoms with Crippen LogP contribution in [0.4, 0.5) is 0 Å². The van der Waals surface area contributed by atoms with E-state index in [-0.39, 0.29) is 23.8 Å². The summed E-state index contributed by atoms with van der Waals surface area (Å²) < 4.78 is 4.43. The highest BCUT2D eigenvalue weighted by Gasteiger charge is 2.20. The Morgan fingerprint density at radius 1 is 1.37 bits per heavy atom. The molecule has 0 aliphatic carbocycles. The number of amides is 1. The number of methoxy groups -OCH3 is 1. The van der Waals surface area contributed by atoms with Crippen molar-refractivity contribution in [1.82, 2.24) is 15.3 Å². The highest BCUT2D eigenvalue weighted by molar-refractivity contribution is 5.84. The zero-order chi connectivity index (χ0) is 14.4. The average molecular weight is 269 g/mol. The van der Waals surface area contributed by atoms with Gasteiger partial charge in [0.05, 0.1) is 7.11 Å². The number of carbonyl (C=O) groups is 2. The van der Waals surface area contributed by atoms with Crippen LogP contribution in [0.1, 0.15) is 29.2 Å². The summed E-state index contributed by atoms with van der Waals surface area (Å²) in [6, 6.07) is 0. The number of nitrogens with one attached hydrogen (secondary N) is 1. The van der Waals surface area contributed by atoms with Crippen LogP contribution in [0, 0.1) is 0 Å². The lowest BCUT2D eigenvalue weighted by molar-refractivity contribution is -0.119. The topological polar surface area (TPSA) is 122 Å². The van der Waals surface area contributed by atoms with Gasteiger partial charge in [0.2, 0.25) is 11.7 Å². The Bertz CT molecular complexity index is 448. The molecule has 0 aromatic carbocycles.